The van der Waals surface area contributed by atoms with Crippen molar-refractivity contribution in [3.63, 3.8) is 0 Å². The quantitative estimate of drug-likeness (QED) is 0.782. The van der Waals surface area contributed by atoms with Crippen molar-refractivity contribution in [3.8, 4) is 11.1 Å². The summed E-state index contributed by atoms with van der Waals surface area (Å²) in [6.45, 7) is 0.317. The number of nitrogens with zero attached hydrogens (tertiary/aromatic N) is 1. The fourth-order valence-electron chi connectivity index (χ4n) is 3.51. The van der Waals surface area contributed by atoms with Crippen LogP contribution in [0, 0.1) is 0 Å². The van der Waals surface area contributed by atoms with E-state index < -0.39 is 12.0 Å². The predicted octanol–water partition coefficient (Wildman–Crippen LogP) is 3.44. The van der Waals surface area contributed by atoms with Crippen LogP contribution in [0.15, 0.2) is 66.7 Å². The molecule has 1 N–H and O–H groups in total. The number of benzene rings is 1. The van der Waals surface area contributed by atoms with Crippen molar-refractivity contribution in [1.29, 1.82) is 0 Å². The highest BCUT2D eigenvalue weighted by molar-refractivity contribution is 6.03. The van der Waals surface area contributed by atoms with Crippen molar-refractivity contribution < 1.29 is 14.7 Å². The average molecular weight is 331 g/mol. The smallest absolute Gasteiger partial charge is 0.326 e. The topological polar surface area (TPSA) is 57.6 Å². The highest BCUT2D eigenvalue weighted by Gasteiger charge is 2.35. The van der Waals surface area contributed by atoms with Gasteiger partial charge in [-0.15, -0.1) is 0 Å². The summed E-state index contributed by atoms with van der Waals surface area (Å²) in [6, 6.07) is 20.1. The van der Waals surface area contributed by atoms with Crippen LogP contribution in [0.1, 0.15) is 21.5 Å². The number of rotatable bonds is 2. The average Bonchev–Trinajstić information content (AvgIpc) is 2.88. The molecule has 25 heavy (non-hydrogen) atoms. The van der Waals surface area contributed by atoms with Gasteiger partial charge in [-0.25, -0.2) is 4.79 Å². The first-order chi connectivity index (χ1) is 12.1. The van der Waals surface area contributed by atoms with Gasteiger partial charge >= 0.3 is 5.97 Å². The molecule has 0 saturated carbocycles. The van der Waals surface area contributed by atoms with Crippen molar-refractivity contribution in [2.75, 3.05) is 0 Å². The number of fused-ring (bicyclic) bond motifs is 2. The second-order valence-corrected chi connectivity index (χ2v) is 6.29. The fraction of sp³-hybridized carbons (Fsp3) is 0.143. The molecule has 124 valence electrons. The Bertz CT molecular complexity index is 934. The van der Waals surface area contributed by atoms with Crippen LogP contribution in [0.5, 0.6) is 0 Å². The second-order valence-electron chi connectivity index (χ2n) is 6.29. The highest BCUT2D eigenvalue weighted by atomic mass is 16.4. The molecule has 0 unspecified atom stereocenters. The van der Waals surface area contributed by atoms with E-state index in [1.807, 2.05) is 60.7 Å². The molecule has 1 aromatic rings. The molecular formula is C21H17NO3. The maximum absolute atomic E-state index is 13.2. The van der Waals surface area contributed by atoms with Gasteiger partial charge in [-0.05, 0) is 28.3 Å². The van der Waals surface area contributed by atoms with Gasteiger partial charge in [-0.1, -0.05) is 60.7 Å². The Hall–Kier alpha value is -3.14. The van der Waals surface area contributed by atoms with Crippen LogP contribution < -0.4 is 0 Å². The zero-order valence-electron chi connectivity index (χ0n) is 13.6. The van der Waals surface area contributed by atoms with E-state index in [1.54, 1.807) is 6.07 Å². The Kier molecular flexibility index (Phi) is 3.73. The monoisotopic (exact) mass is 331 g/mol. The molecule has 4 rings (SSSR count). The van der Waals surface area contributed by atoms with Crippen LogP contribution in [0.3, 0.4) is 0 Å². The van der Waals surface area contributed by atoms with Crippen LogP contribution in [-0.2, 0) is 17.8 Å². The number of carboxylic acid groups (broad SMARTS) is 1. The molecule has 4 nitrogen and oxygen atoms in total. The molecule has 2 aliphatic carbocycles. The van der Waals surface area contributed by atoms with E-state index in [1.165, 1.54) is 4.90 Å². The lowest BCUT2D eigenvalue weighted by Crippen LogP contribution is -2.48. The third-order valence-corrected chi connectivity index (χ3v) is 4.82. The predicted molar refractivity (Wildman–Crippen MR) is 94.5 cm³/mol. The summed E-state index contributed by atoms with van der Waals surface area (Å²) in [5, 5.41) is 9.64. The highest BCUT2D eigenvalue weighted by Crippen LogP contribution is 2.31. The van der Waals surface area contributed by atoms with Gasteiger partial charge in [0.15, 0.2) is 0 Å². The Morgan fingerprint density at radius 3 is 2.40 bits per heavy atom. The minimum Gasteiger partial charge on any atom is -0.480 e. The third kappa shape index (κ3) is 2.66. The first kappa shape index (κ1) is 15.4. The fourth-order valence-corrected chi connectivity index (χ4v) is 3.51. The number of aliphatic carboxylic acids is 1. The van der Waals surface area contributed by atoms with E-state index in [0.29, 0.717) is 18.5 Å². The zero-order chi connectivity index (χ0) is 17.4. The van der Waals surface area contributed by atoms with Crippen LogP contribution in [-0.4, -0.2) is 27.9 Å². The van der Waals surface area contributed by atoms with Gasteiger partial charge < -0.3 is 10.0 Å². The van der Waals surface area contributed by atoms with Crippen LogP contribution >= 0.6 is 0 Å². The Morgan fingerprint density at radius 2 is 1.60 bits per heavy atom. The summed E-state index contributed by atoms with van der Waals surface area (Å²) in [6.07, 6.45) is 0.337. The Morgan fingerprint density at radius 1 is 0.880 bits per heavy atom. The third-order valence-electron chi connectivity index (χ3n) is 4.82. The largest absolute Gasteiger partial charge is 0.480 e. The Labute approximate surface area is 145 Å². The van der Waals surface area contributed by atoms with Crippen molar-refractivity contribution in [1.82, 2.24) is 4.90 Å². The minimum atomic E-state index is -0.968. The summed E-state index contributed by atoms with van der Waals surface area (Å²) in [7, 11) is 0. The molecule has 0 fully saturated rings. The van der Waals surface area contributed by atoms with Gasteiger partial charge in [0.1, 0.15) is 6.04 Å². The van der Waals surface area contributed by atoms with Gasteiger partial charge in [0.05, 0.1) is 0 Å². The molecule has 0 saturated heterocycles. The summed E-state index contributed by atoms with van der Waals surface area (Å²) in [4.78, 5) is 26.4. The van der Waals surface area contributed by atoms with Crippen LogP contribution in [0.25, 0.3) is 11.1 Å². The van der Waals surface area contributed by atoms with E-state index in [-0.39, 0.29) is 5.91 Å². The number of hydrogen-bond donors (Lipinski definition) is 1. The van der Waals surface area contributed by atoms with Gasteiger partial charge in [0, 0.05) is 18.5 Å². The first-order valence-corrected chi connectivity index (χ1v) is 8.23. The minimum absolute atomic E-state index is 0.233. The number of carboxylic acids is 1. The van der Waals surface area contributed by atoms with Crippen molar-refractivity contribution in [2.24, 2.45) is 0 Å². The van der Waals surface area contributed by atoms with E-state index in [9.17, 15) is 14.7 Å². The van der Waals surface area contributed by atoms with Crippen molar-refractivity contribution >= 4 is 11.9 Å². The van der Waals surface area contributed by atoms with Gasteiger partial charge in [0.2, 0.25) is 0 Å². The normalized spacial score (nSPS) is 16.5. The van der Waals surface area contributed by atoms with Gasteiger partial charge in [0.25, 0.3) is 5.91 Å². The molecule has 0 bridgehead atoms. The maximum Gasteiger partial charge on any atom is 0.326 e. The molecule has 3 aliphatic rings. The molecule has 0 spiro atoms. The lowest BCUT2D eigenvalue weighted by atomic mass is 9.93. The van der Waals surface area contributed by atoms with E-state index >= 15 is 0 Å². The van der Waals surface area contributed by atoms with E-state index in [0.717, 1.165) is 22.3 Å². The maximum atomic E-state index is 13.2. The number of carbonyl (C=O) groups excluding carboxylic acids is 1. The summed E-state index contributed by atoms with van der Waals surface area (Å²) in [5.41, 5.74) is 4.37. The van der Waals surface area contributed by atoms with Crippen LogP contribution in [0.4, 0.5) is 0 Å². The zero-order valence-corrected chi connectivity index (χ0v) is 13.6. The number of hydrogen-bond acceptors (Lipinski definition) is 2. The molecule has 1 aliphatic heterocycles. The van der Waals surface area contributed by atoms with Gasteiger partial charge in [-0.2, -0.15) is 0 Å². The molecule has 1 aromatic carbocycles. The standard InChI is InChI=1S/C21H17NO3/c23-20(18-11-10-14-6-2-1-3-9-17(14)18)22-13-16-8-5-4-7-15(16)12-19(22)21(24)25/h1-11,19H,12-13H2,(H,24,25)/t19-/m0/s1. The molecule has 1 amide bonds. The SMILES string of the molecule is O=C(O)[C@@H]1Cc2ccccc2CN1C(=O)c1ccc2cccccc1-2. The molecule has 4 heteroatoms. The first-order valence-electron chi connectivity index (χ1n) is 8.23. The van der Waals surface area contributed by atoms with E-state index in [2.05, 4.69) is 0 Å². The second kappa shape index (κ2) is 6.06. The summed E-state index contributed by atoms with van der Waals surface area (Å²) < 4.78 is 0. The summed E-state index contributed by atoms with van der Waals surface area (Å²) >= 11 is 0. The number of amides is 1. The van der Waals surface area contributed by atoms with Crippen molar-refractivity contribution in [2.45, 2.75) is 19.0 Å². The van der Waals surface area contributed by atoms with Crippen molar-refractivity contribution in [3.05, 3.63) is 83.4 Å². The molecule has 1 atom stereocenters. The molecule has 0 radical (unpaired) electrons. The Balaban J connectivity index is 1.74. The lowest BCUT2D eigenvalue weighted by Gasteiger charge is -2.34. The molecular weight excluding hydrogens is 314 g/mol. The molecule has 0 aromatic heterocycles. The lowest BCUT2D eigenvalue weighted by molar-refractivity contribution is -0.142. The van der Waals surface area contributed by atoms with Gasteiger partial charge in [-0.3, -0.25) is 4.79 Å². The van der Waals surface area contributed by atoms with Crippen LogP contribution in [0.2, 0.25) is 0 Å². The number of carbonyl (C=O) groups is 2. The summed E-state index contributed by atoms with van der Waals surface area (Å²) in [5.74, 6) is -1.20. The molecule has 1 heterocycles. The van der Waals surface area contributed by atoms with E-state index in [4.69, 9.17) is 0 Å².